The van der Waals surface area contributed by atoms with Gasteiger partial charge in [-0.15, -0.1) is 0 Å². The Balaban J connectivity index is 1.56. The molecule has 0 fully saturated rings. The molecule has 1 heterocycles. The number of amides is 1. The van der Waals surface area contributed by atoms with E-state index in [1.165, 1.54) is 6.08 Å². The highest BCUT2D eigenvalue weighted by molar-refractivity contribution is 6.02. The van der Waals surface area contributed by atoms with Crippen LogP contribution in [0, 0.1) is 6.92 Å². The fraction of sp³-hybridized carbons (Fsp3) is 0.130. The molecule has 5 nitrogen and oxygen atoms in total. The number of benzene rings is 2. The molecule has 3 rings (SSSR count). The Morgan fingerprint density at radius 3 is 2.68 bits per heavy atom. The molecular weight excluding hydrogens is 352 g/mol. The van der Waals surface area contributed by atoms with Gasteiger partial charge in [-0.1, -0.05) is 24.3 Å². The van der Waals surface area contributed by atoms with Crippen molar-refractivity contribution in [3.05, 3.63) is 89.8 Å². The molecule has 0 unspecified atom stereocenters. The molecule has 3 aromatic rings. The first kappa shape index (κ1) is 19.2. The maximum atomic E-state index is 12.2. The second-order valence-corrected chi connectivity index (χ2v) is 6.25. The molecule has 142 valence electrons. The number of anilines is 1. The van der Waals surface area contributed by atoms with E-state index in [2.05, 4.69) is 10.3 Å². The molecule has 0 aliphatic carbocycles. The SMILES string of the molecule is COc1ccc(C)cc1NC(=O)/C=C/c1ccc(OCc2cccnc2)cc1. The fourth-order valence-corrected chi connectivity index (χ4v) is 2.59. The van der Waals surface area contributed by atoms with Crippen LogP contribution in [0.2, 0.25) is 0 Å². The lowest BCUT2D eigenvalue weighted by Crippen LogP contribution is -2.09. The van der Waals surface area contributed by atoms with E-state index < -0.39 is 0 Å². The Morgan fingerprint density at radius 1 is 1.14 bits per heavy atom. The minimum atomic E-state index is -0.221. The summed E-state index contributed by atoms with van der Waals surface area (Å²) >= 11 is 0. The lowest BCUT2D eigenvalue weighted by atomic mass is 10.2. The van der Waals surface area contributed by atoms with Gasteiger partial charge in [0.2, 0.25) is 5.91 Å². The average Bonchev–Trinajstić information content (AvgIpc) is 2.72. The monoisotopic (exact) mass is 374 g/mol. The summed E-state index contributed by atoms with van der Waals surface area (Å²) in [7, 11) is 1.58. The van der Waals surface area contributed by atoms with Crippen LogP contribution in [0.3, 0.4) is 0 Å². The summed E-state index contributed by atoms with van der Waals surface area (Å²) in [4.78, 5) is 16.3. The zero-order valence-electron chi connectivity index (χ0n) is 15.9. The van der Waals surface area contributed by atoms with Gasteiger partial charge in [0.05, 0.1) is 12.8 Å². The molecule has 28 heavy (non-hydrogen) atoms. The molecule has 1 amide bonds. The van der Waals surface area contributed by atoms with Gasteiger partial charge in [-0.2, -0.15) is 0 Å². The minimum Gasteiger partial charge on any atom is -0.495 e. The summed E-state index contributed by atoms with van der Waals surface area (Å²) in [6, 6.07) is 17.0. The van der Waals surface area contributed by atoms with Crippen LogP contribution in [0.4, 0.5) is 5.69 Å². The van der Waals surface area contributed by atoms with Crippen LogP contribution in [0.15, 0.2) is 73.1 Å². The van der Waals surface area contributed by atoms with Gasteiger partial charge < -0.3 is 14.8 Å². The summed E-state index contributed by atoms with van der Waals surface area (Å²) in [6.07, 6.45) is 6.75. The number of hydrogen-bond acceptors (Lipinski definition) is 4. The lowest BCUT2D eigenvalue weighted by molar-refractivity contribution is -0.111. The molecule has 1 aromatic heterocycles. The van der Waals surface area contributed by atoms with Gasteiger partial charge in [-0.3, -0.25) is 9.78 Å². The zero-order chi connectivity index (χ0) is 19.8. The number of rotatable bonds is 7. The summed E-state index contributed by atoms with van der Waals surface area (Å²) in [5.41, 5.74) is 3.60. The largest absolute Gasteiger partial charge is 0.495 e. The quantitative estimate of drug-likeness (QED) is 0.613. The number of carbonyl (C=O) groups is 1. The van der Waals surface area contributed by atoms with Gasteiger partial charge in [0.15, 0.2) is 0 Å². The molecule has 0 aliphatic rings. The molecule has 5 heteroatoms. The standard InChI is InChI=1S/C23H22N2O3/c1-17-5-11-22(27-2)21(14-17)25-23(26)12-8-18-6-9-20(10-7-18)28-16-19-4-3-13-24-15-19/h3-15H,16H2,1-2H3,(H,25,26)/b12-8+. The molecule has 0 aliphatic heterocycles. The molecule has 0 saturated carbocycles. The number of pyridine rings is 1. The summed E-state index contributed by atoms with van der Waals surface area (Å²) < 4.78 is 11.0. The van der Waals surface area contributed by atoms with Crippen LogP contribution in [0.1, 0.15) is 16.7 Å². The molecular formula is C23H22N2O3. The number of ether oxygens (including phenoxy) is 2. The lowest BCUT2D eigenvalue weighted by Gasteiger charge is -2.09. The highest BCUT2D eigenvalue weighted by Gasteiger charge is 2.05. The fourth-order valence-electron chi connectivity index (χ4n) is 2.59. The van der Waals surface area contributed by atoms with Crippen LogP contribution in [-0.2, 0) is 11.4 Å². The maximum absolute atomic E-state index is 12.2. The van der Waals surface area contributed by atoms with Gasteiger partial charge in [-0.05, 0) is 54.5 Å². The second-order valence-electron chi connectivity index (χ2n) is 6.25. The number of nitrogens with one attached hydrogen (secondary N) is 1. The predicted molar refractivity (Wildman–Crippen MR) is 110 cm³/mol. The number of methoxy groups -OCH3 is 1. The third-order valence-electron chi connectivity index (χ3n) is 4.05. The van der Waals surface area contributed by atoms with Crippen LogP contribution in [-0.4, -0.2) is 18.0 Å². The average molecular weight is 374 g/mol. The van der Waals surface area contributed by atoms with Gasteiger partial charge in [0.25, 0.3) is 0 Å². The summed E-state index contributed by atoms with van der Waals surface area (Å²) in [6.45, 7) is 2.42. The van der Waals surface area contributed by atoms with Crippen molar-refractivity contribution in [1.82, 2.24) is 4.98 Å². The van der Waals surface area contributed by atoms with Gasteiger partial charge in [0, 0.05) is 24.0 Å². The molecule has 0 bridgehead atoms. The topological polar surface area (TPSA) is 60.5 Å². The predicted octanol–water partition coefficient (Wildman–Crippen LogP) is 4.63. The molecule has 0 spiro atoms. The number of carbonyl (C=O) groups excluding carboxylic acids is 1. The smallest absolute Gasteiger partial charge is 0.248 e. The van der Waals surface area contributed by atoms with E-state index in [0.717, 1.165) is 22.4 Å². The Labute approximate surface area is 164 Å². The Bertz CT molecular complexity index is 951. The van der Waals surface area contributed by atoms with Crippen molar-refractivity contribution in [3.8, 4) is 11.5 Å². The highest BCUT2D eigenvalue weighted by Crippen LogP contribution is 2.25. The van der Waals surface area contributed by atoms with Crippen LogP contribution in [0.5, 0.6) is 11.5 Å². The first-order chi connectivity index (χ1) is 13.6. The normalized spacial score (nSPS) is 10.6. The van der Waals surface area contributed by atoms with E-state index >= 15 is 0 Å². The maximum Gasteiger partial charge on any atom is 0.248 e. The van der Waals surface area contributed by atoms with Crippen molar-refractivity contribution in [2.24, 2.45) is 0 Å². The zero-order valence-corrected chi connectivity index (χ0v) is 15.9. The van der Waals surface area contributed by atoms with Gasteiger partial charge in [0.1, 0.15) is 18.1 Å². The van der Waals surface area contributed by atoms with Crippen molar-refractivity contribution >= 4 is 17.7 Å². The van der Waals surface area contributed by atoms with Crippen molar-refractivity contribution in [1.29, 1.82) is 0 Å². The van der Waals surface area contributed by atoms with Crippen LogP contribution in [0.25, 0.3) is 6.08 Å². The molecule has 0 atom stereocenters. The molecule has 2 aromatic carbocycles. The number of hydrogen-bond donors (Lipinski definition) is 1. The van der Waals surface area contributed by atoms with E-state index in [1.807, 2.05) is 61.5 Å². The van der Waals surface area contributed by atoms with Crippen LogP contribution >= 0.6 is 0 Å². The minimum absolute atomic E-state index is 0.221. The Kier molecular flexibility index (Phi) is 6.41. The summed E-state index contributed by atoms with van der Waals surface area (Å²) in [5, 5.41) is 2.84. The number of aromatic nitrogens is 1. The van der Waals surface area contributed by atoms with Crippen LogP contribution < -0.4 is 14.8 Å². The van der Waals surface area contributed by atoms with Crippen molar-refractivity contribution in [2.45, 2.75) is 13.5 Å². The van der Waals surface area contributed by atoms with E-state index in [0.29, 0.717) is 18.0 Å². The second kappa shape index (κ2) is 9.37. The van der Waals surface area contributed by atoms with E-state index in [1.54, 1.807) is 25.6 Å². The molecule has 1 N–H and O–H groups in total. The summed E-state index contributed by atoms with van der Waals surface area (Å²) in [5.74, 6) is 1.17. The molecule has 0 saturated heterocycles. The number of aryl methyl sites for hydroxylation is 1. The number of nitrogens with zero attached hydrogens (tertiary/aromatic N) is 1. The Hall–Kier alpha value is -3.60. The third-order valence-corrected chi connectivity index (χ3v) is 4.05. The van der Waals surface area contributed by atoms with Crippen molar-refractivity contribution in [3.63, 3.8) is 0 Å². The van der Waals surface area contributed by atoms with Gasteiger partial charge in [-0.25, -0.2) is 0 Å². The van der Waals surface area contributed by atoms with E-state index in [9.17, 15) is 4.79 Å². The van der Waals surface area contributed by atoms with E-state index in [4.69, 9.17) is 9.47 Å². The van der Waals surface area contributed by atoms with Crippen molar-refractivity contribution in [2.75, 3.05) is 12.4 Å². The first-order valence-corrected chi connectivity index (χ1v) is 8.89. The Morgan fingerprint density at radius 2 is 1.96 bits per heavy atom. The first-order valence-electron chi connectivity index (χ1n) is 8.89. The highest BCUT2D eigenvalue weighted by atomic mass is 16.5. The third kappa shape index (κ3) is 5.45. The van der Waals surface area contributed by atoms with Crippen molar-refractivity contribution < 1.29 is 14.3 Å². The molecule has 0 radical (unpaired) electrons. The van der Waals surface area contributed by atoms with E-state index in [-0.39, 0.29) is 5.91 Å². The van der Waals surface area contributed by atoms with Gasteiger partial charge >= 0.3 is 0 Å².